The van der Waals surface area contributed by atoms with E-state index in [1.54, 1.807) is 41.9 Å². The molecule has 0 saturated heterocycles. The SMILES string of the molecule is O=C(Cn1nc(-c2ccncc2)ccc1=O)NCc1cccs1. The quantitative estimate of drug-likeness (QED) is 0.774. The van der Waals surface area contributed by atoms with Crippen LogP contribution in [-0.2, 0) is 17.9 Å². The van der Waals surface area contributed by atoms with Gasteiger partial charge in [0.05, 0.1) is 12.2 Å². The van der Waals surface area contributed by atoms with Crippen LogP contribution in [0.4, 0.5) is 0 Å². The topological polar surface area (TPSA) is 76.9 Å². The van der Waals surface area contributed by atoms with Gasteiger partial charge in [-0.3, -0.25) is 14.6 Å². The van der Waals surface area contributed by atoms with E-state index in [0.717, 1.165) is 10.4 Å². The van der Waals surface area contributed by atoms with Crippen molar-refractivity contribution in [1.29, 1.82) is 0 Å². The number of carbonyl (C=O) groups excluding carboxylic acids is 1. The molecule has 0 aliphatic heterocycles. The molecule has 0 bridgehead atoms. The Hall–Kier alpha value is -2.80. The molecule has 116 valence electrons. The van der Waals surface area contributed by atoms with E-state index in [9.17, 15) is 9.59 Å². The van der Waals surface area contributed by atoms with Crippen LogP contribution in [0.1, 0.15) is 4.88 Å². The van der Waals surface area contributed by atoms with Gasteiger partial charge < -0.3 is 5.32 Å². The number of pyridine rings is 1. The molecule has 0 atom stereocenters. The zero-order valence-electron chi connectivity index (χ0n) is 12.2. The van der Waals surface area contributed by atoms with E-state index >= 15 is 0 Å². The fourth-order valence-corrected chi connectivity index (χ4v) is 2.67. The average Bonchev–Trinajstić information content (AvgIpc) is 3.09. The van der Waals surface area contributed by atoms with E-state index in [1.165, 1.54) is 10.7 Å². The Bertz CT molecular complexity index is 844. The van der Waals surface area contributed by atoms with Gasteiger partial charge in [0.2, 0.25) is 5.91 Å². The number of rotatable bonds is 5. The van der Waals surface area contributed by atoms with Gasteiger partial charge in [0, 0.05) is 28.9 Å². The van der Waals surface area contributed by atoms with Gasteiger partial charge in [-0.2, -0.15) is 5.10 Å². The largest absolute Gasteiger partial charge is 0.350 e. The first-order chi connectivity index (χ1) is 11.2. The Kier molecular flexibility index (Phi) is 4.58. The highest BCUT2D eigenvalue weighted by molar-refractivity contribution is 7.09. The first kappa shape index (κ1) is 15.1. The maximum atomic E-state index is 12.0. The summed E-state index contributed by atoms with van der Waals surface area (Å²) < 4.78 is 1.17. The highest BCUT2D eigenvalue weighted by Gasteiger charge is 2.08. The molecule has 0 aliphatic carbocycles. The summed E-state index contributed by atoms with van der Waals surface area (Å²) in [4.78, 5) is 28.9. The second kappa shape index (κ2) is 6.97. The minimum atomic E-state index is -0.311. The van der Waals surface area contributed by atoms with Crippen LogP contribution in [0.25, 0.3) is 11.3 Å². The number of thiophene rings is 1. The zero-order valence-corrected chi connectivity index (χ0v) is 13.0. The molecular formula is C16H14N4O2S. The van der Waals surface area contributed by atoms with Gasteiger partial charge in [0.15, 0.2) is 0 Å². The molecule has 0 spiro atoms. The molecule has 7 heteroatoms. The van der Waals surface area contributed by atoms with Crippen LogP contribution in [-0.4, -0.2) is 20.7 Å². The molecular weight excluding hydrogens is 312 g/mol. The third kappa shape index (κ3) is 3.89. The number of nitrogens with one attached hydrogen (secondary N) is 1. The highest BCUT2D eigenvalue weighted by Crippen LogP contribution is 2.13. The molecule has 23 heavy (non-hydrogen) atoms. The van der Waals surface area contributed by atoms with Crippen LogP contribution >= 0.6 is 11.3 Å². The molecule has 3 aromatic rings. The lowest BCUT2D eigenvalue weighted by Gasteiger charge is -2.07. The summed E-state index contributed by atoms with van der Waals surface area (Å²) in [6.07, 6.45) is 3.31. The molecule has 3 heterocycles. The van der Waals surface area contributed by atoms with Gasteiger partial charge in [0.1, 0.15) is 6.54 Å². The Labute approximate surface area is 136 Å². The van der Waals surface area contributed by atoms with E-state index < -0.39 is 0 Å². The number of carbonyl (C=O) groups is 1. The van der Waals surface area contributed by atoms with E-state index in [0.29, 0.717) is 12.2 Å². The molecule has 0 saturated carbocycles. The van der Waals surface area contributed by atoms with Crippen molar-refractivity contribution in [2.45, 2.75) is 13.1 Å². The number of nitrogens with zero attached hydrogens (tertiary/aromatic N) is 3. The van der Waals surface area contributed by atoms with Crippen LogP contribution in [0.15, 0.2) is 59.0 Å². The van der Waals surface area contributed by atoms with Gasteiger partial charge in [-0.1, -0.05) is 6.07 Å². The van der Waals surface area contributed by atoms with Crippen molar-refractivity contribution in [1.82, 2.24) is 20.1 Å². The maximum Gasteiger partial charge on any atom is 0.267 e. The van der Waals surface area contributed by atoms with Crippen molar-refractivity contribution in [2.75, 3.05) is 0 Å². The molecule has 0 radical (unpaired) electrons. The average molecular weight is 326 g/mol. The van der Waals surface area contributed by atoms with Crippen LogP contribution in [0.3, 0.4) is 0 Å². The smallest absolute Gasteiger partial charge is 0.267 e. The third-order valence-electron chi connectivity index (χ3n) is 3.18. The highest BCUT2D eigenvalue weighted by atomic mass is 32.1. The van der Waals surface area contributed by atoms with E-state index in [2.05, 4.69) is 15.4 Å². The van der Waals surface area contributed by atoms with Gasteiger partial charge >= 0.3 is 0 Å². The summed E-state index contributed by atoms with van der Waals surface area (Å²) in [7, 11) is 0. The van der Waals surface area contributed by atoms with Crippen LogP contribution in [0.2, 0.25) is 0 Å². The maximum absolute atomic E-state index is 12.0. The van der Waals surface area contributed by atoms with E-state index in [1.807, 2.05) is 17.5 Å². The van der Waals surface area contributed by atoms with Crippen molar-refractivity contribution in [2.24, 2.45) is 0 Å². The van der Waals surface area contributed by atoms with Crippen molar-refractivity contribution >= 4 is 17.2 Å². The standard InChI is InChI=1S/C16H14N4O2S/c21-15(18-10-13-2-1-9-23-13)11-20-16(22)4-3-14(19-20)12-5-7-17-8-6-12/h1-9H,10-11H2,(H,18,21). The predicted octanol–water partition coefficient (Wildman–Crippen LogP) is 1.68. The minimum Gasteiger partial charge on any atom is -0.350 e. The van der Waals surface area contributed by atoms with Crippen molar-refractivity contribution in [3.8, 4) is 11.3 Å². The summed E-state index contributed by atoms with van der Waals surface area (Å²) in [5.74, 6) is -0.250. The molecule has 1 amide bonds. The first-order valence-electron chi connectivity index (χ1n) is 7.00. The van der Waals surface area contributed by atoms with Crippen LogP contribution in [0.5, 0.6) is 0 Å². The fraction of sp³-hybridized carbons (Fsp3) is 0.125. The second-order valence-electron chi connectivity index (χ2n) is 4.81. The Morgan fingerprint density at radius 3 is 2.74 bits per heavy atom. The molecule has 0 aliphatic rings. The summed E-state index contributed by atoms with van der Waals surface area (Å²) >= 11 is 1.57. The van der Waals surface area contributed by atoms with Gasteiger partial charge in [0.25, 0.3) is 5.56 Å². The molecule has 0 fully saturated rings. The number of amides is 1. The molecule has 3 aromatic heterocycles. The number of hydrogen-bond acceptors (Lipinski definition) is 5. The van der Waals surface area contributed by atoms with Crippen molar-refractivity contribution in [3.05, 3.63) is 69.4 Å². The summed E-state index contributed by atoms with van der Waals surface area (Å²) in [6, 6.07) is 10.5. The third-order valence-corrected chi connectivity index (χ3v) is 4.05. The Balaban J connectivity index is 1.72. The first-order valence-corrected chi connectivity index (χ1v) is 7.88. The minimum absolute atomic E-state index is 0.108. The monoisotopic (exact) mass is 326 g/mol. The molecule has 3 rings (SSSR count). The fourth-order valence-electron chi connectivity index (χ4n) is 2.03. The van der Waals surface area contributed by atoms with Crippen LogP contribution < -0.4 is 10.9 Å². The summed E-state index contributed by atoms with van der Waals surface area (Å²) in [6.45, 7) is 0.346. The van der Waals surface area contributed by atoms with E-state index in [-0.39, 0.29) is 18.0 Å². The molecule has 0 unspecified atom stereocenters. The van der Waals surface area contributed by atoms with Gasteiger partial charge in [-0.25, -0.2) is 4.68 Å². The number of hydrogen-bond donors (Lipinski definition) is 1. The van der Waals surface area contributed by atoms with Crippen molar-refractivity contribution < 1.29 is 4.79 Å². The van der Waals surface area contributed by atoms with Gasteiger partial charge in [-0.05, 0) is 29.6 Å². The van der Waals surface area contributed by atoms with Crippen LogP contribution in [0, 0.1) is 0 Å². The molecule has 1 N–H and O–H groups in total. The Morgan fingerprint density at radius 2 is 2.00 bits per heavy atom. The summed E-state index contributed by atoms with van der Waals surface area (Å²) in [5.41, 5.74) is 1.15. The van der Waals surface area contributed by atoms with Crippen molar-refractivity contribution in [3.63, 3.8) is 0 Å². The lowest BCUT2D eigenvalue weighted by Crippen LogP contribution is -2.33. The molecule has 6 nitrogen and oxygen atoms in total. The lowest BCUT2D eigenvalue weighted by atomic mass is 10.2. The van der Waals surface area contributed by atoms with Gasteiger partial charge in [-0.15, -0.1) is 11.3 Å². The normalized spacial score (nSPS) is 10.4. The zero-order chi connectivity index (χ0) is 16.1. The lowest BCUT2D eigenvalue weighted by molar-refractivity contribution is -0.122. The summed E-state index contributed by atoms with van der Waals surface area (Å²) in [5, 5.41) is 8.98. The number of aromatic nitrogens is 3. The van der Waals surface area contributed by atoms with E-state index in [4.69, 9.17) is 0 Å². The molecule has 0 aromatic carbocycles. The predicted molar refractivity (Wildman–Crippen MR) is 87.9 cm³/mol. The second-order valence-corrected chi connectivity index (χ2v) is 5.84. The Morgan fingerprint density at radius 1 is 1.17 bits per heavy atom.